The van der Waals surface area contributed by atoms with Gasteiger partial charge in [-0.3, -0.25) is 4.90 Å². The van der Waals surface area contributed by atoms with Crippen LogP contribution < -0.4 is 0 Å². The molecule has 0 aromatic rings. The highest BCUT2D eigenvalue weighted by atomic mass is 16.4. The van der Waals surface area contributed by atoms with E-state index in [4.69, 9.17) is 5.11 Å². The monoisotopic (exact) mass is 227 g/mol. The van der Waals surface area contributed by atoms with Crippen LogP contribution in [0.15, 0.2) is 0 Å². The summed E-state index contributed by atoms with van der Waals surface area (Å²) in [4.78, 5) is 12.9. The molecule has 4 nitrogen and oxygen atoms in total. The van der Waals surface area contributed by atoms with Crippen molar-refractivity contribution in [3.8, 4) is 0 Å². The third-order valence-corrected chi connectivity index (χ3v) is 4.02. The minimum Gasteiger partial charge on any atom is -0.479 e. The maximum absolute atomic E-state index is 10.8. The summed E-state index contributed by atoms with van der Waals surface area (Å²) in [6, 6.07) is 0. The molecule has 2 aliphatic rings. The Hall–Kier alpha value is -0.610. The van der Waals surface area contributed by atoms with E-state index in [2.05, 4.69) is 4.90 Å². The molecule has 16 heavy (non-hydrogen) atoms. The average Bonchev–Trinajstić information content (AvgIpc) is 2.16. The van der Waals surface area contributed by atoms with Crippen LogP contribution in [0.3, 0.4) is 0 Å². The molecule has 0 aromatic heterocycles. The second-order valence-electron chi connectivity index (χ2n) is 5.78. The van der Waals surface area contributed by atoms with Gasteiger partial charge in [-0.2, -0.15) is 0 Å². The number of hydrogen-bond donors (Lipinski definition) is 2. The van der Waals surface area contributed by atoms with Gasteiger partial charge < -0.3 is 10.2 Å². The molecule has 1 spiro atoms. The second kappa shape index (κ2) is 4.00. The third-order valence-electron chi connectivity index (χ3n) is 4.02. The molecular formula is C12H21NO3. The van der Waals surface area contributed by atoms with Crippen molar-refractivity contribution < 1.29 is 15.0 Å². The van der Waals surface area contributed by atoms with E-state index in [1.54, 1.807) is 0 Å². The average molecular weight is 227 g/mol. The first-order chi connectivity index (χ1) is 7.44. The zero-order valence-corrected chi connectivity index (χ0v) is 9.91. The Morgan fingerprint density at radius 2 is 1.88 bits per heavy atom. The van der Waals surface area contributed by atoms with Crippen LogP contribution in [0.25, 0.3) is 0 Å². The fraction of sp³-hybridized carbons (Fsp3) is 0.917. The molecule has 2 N–H and O–H groups in total. The van der Waals surface area contributed by atoms with Crippen LogP contribution in [0.1, 0.15) is 39.0 Å². The minimum absolute atomic E-state index is 0.254. The zero-order chi connectivity index (χ0) is 11.8. The van der Waals surface area contributed by atoms with E-state index in [1.807, 2.05) is 0 Å². The Balaban J connectivity index is 1.82. The molecule has 0 radical (unpaired) electrons. The highest BCUT2D eigenvalue weighted by molar-refractivity contribution is 5.76. The summed E-state index contributed by atoms with van der Waals surface area (Å²) in [6.07, 6.45) is 6.51. The van der Waals surface area contributed by atoms with Crippen LogP contribution in [0.4, 0.5) is 0 Å². The molecule has 1 unspecified atom stereocenters. The topological polar surface area (TPSA) is 60.8 Å². The van der Waals surface area contributed by atoms with Gasteiger partial charge >= 0.3 is 5.97 Å². The number of carboxylic acid groups (broad SMARTS) is 1. The van der Waals surface area contributed by atoms with Crippen LogP contribution >= 0.6 is 0 Å². The highest BCUT2D eigenvalue weighted by Crippen LogP contribution is 2.43. The van der Waals surface area contributed by atoms with Gasteiger partial charge in [0.2, 0.25) is 0 Å². The van der Waals surface area contributed by atoms with E-state index in [1.165, 1.54) is 39.0 Å². The number of likely N-dealkylation sites (tertiary alicyclic amines) is 1. The van der Waals surface area contributed by atoms with Gasteiger partial charge in [-0.25, -0.2) is 4.79 Å². The second-order valence-corrected chi connectivity index (χ2v) is 5.78. The lowest BCUT2D eigenvalue weighted by Gasteiger charge is -2.53. The van der Waals surface area contributed by atoms with Gasteiger partial charge in [-0.05, 0) is 25.2 Å². The summed E-state index contributed by atoms with van der Waals surface area (Å²) in [5.41, 5.74) is -1.15. The van der Waals surface area contributed by atoms with Crippen LogP contribution in [-0.4, -0.2) is 46.3 Å². The van der Waals surface area contributed by atoms with Crippen molar-refractivity contribution in [1.82, 2.24) is 4.90 Å². The van der Waals surface area contributed by atoms with Gasteiger partial charge in [-0.15, -0.1) is 0 Å². The molecule has 0 bridgehead atoms. The van der Waals surface area contributed by atoms with Crippen LogP contribution in [-0.2, 0) is 4.79 Å². The zero-order valence-electron chi connectivity index (χ0n) is 9.91. The number of aliphatic hydroxyl groups is 1. The Kier molecular flexibility index (Phi) is 2.97. The Bertz CT molecular complexity index is 274. The molecule has 4 heteroatoms. The maximum atomic E-state index is 10.8. The largest absolute Gasteiger partial charge is 0.479 e. The van der Waals surface area contributed by atoms with Crippen molar-refractivity contribution in [2.75, 3.05) is 19.6 Å². The molecule has 0 aromatic carbocycles. The maximum Gasteiger partial charge on any atom is 0.336 e. The van der Waals surface area contributed by atoms with E-state index in [-0.39, 0.29) is 6.54 Å². The number of carboxylic acids is 1. The lowest BCUT2D eigenvalue weighted by atomic mass is 9.68. The molecule has 1 aliphatic carbocycles. The predicted octanol–water partition coefficient (Wildman–Crippen LogP) is 1.09. The molecule has 0 amide bonds. The van der Waals surface area contributed by atoms with E-state index in [0.29, 0.717) is 5.41 Å². The molecular weight excluding hydrogens is 206 g/mol. The summed E-state index contributed by atoms with van der Waals surface area (Å²) in [7, 11) is 0. The molecule has 1 saturated heterocycles. The standard InChI is InChI=1S/C12H21NO3/c1-11(16,10(14)15)7-13-8-12(9-13)5-3-2-4-6-12/h16H,2-9H2,1H3,(H,14,15). The summed E-state index contributed by atoms with van der Waals surface area (Å²) < 4.78 is 0. The third kappa shape index (κ3) is 2.23. The summed E-state index contributed by atoms with van der Waals surface area (Å²) in [5, 5.41) is 18.5. The van der Waals surface area contributed by atoms with E-state index < -0.39 is 11.6 Å². The van der Waals surface area contributed by atoms with Crippen LogP contribution in [0.5, 0.6) is 0 Å². The predicted molar refractivity (Wildman–Crippen MR) is 60.2 cm³/mol. The quantitative estimate of drug-likeness (QED) is 0.757. The van der Waals surface area contributed by atoms with Crippen molar-refractivity contribution in [2.45, 2.75) is 44.6 Å². The first-order valence-electron chi connectivity index (χ1n) is 6.12. The SMILES string of the molecule is CC(O)(CN1CC2(CCCCC2)C1)C(=O)O. The van der Waals surface area contributed by atoms with Gasteiger partial charge in [0.25, 0.3) is 0 Å². The summed E-state index contributed by atoms with van der Waals surface area (Å²) in [6.45, 7) is 3.57. The van der Waals surface area contributed by atoms with Gasteiger partial charge in [0.1, 0.15) is 0 Å². The fourth-order valence-corrected chi connectivity index (χ4v) is 3.14. The Morgan fingerprint density at radius 3 is 2.38 bits per heavy atom. The smallest absolute Gasteiger partial charge is 0.336 e. The first-order valence-corrected chi connectivity index (χ1v) is 6.12. The molecule has 92 valence electrons. The number of aliphatic carboxylic acids is 1. The molecule has 1 atom stereocenters. The number of nitrogens with zero attached hydrogens (tertiary/aromatic N) is 1. The van der Waals surface area contributed by atoms with Crippen molar-refractivity contribution in [3.63, 3.8) is 0 Å². The van der Waals surface area contributed by atoms with Crippen molar-refractivity contribution >= 4 is 5.97 Å². The van der Waals surface area contributed by atoms with E-state index >= 15 is 0 Å². The lowest BCUT2D eigenvalue weighted by molar-refractivity contribution is -0.162. The van der Waals surface area contributed by atoms with Gasteiger partial charge in [-0.1, -0.05) is 19.3 Å². The number of hydrogen-bond acceptors (Lipinski definition) is 3. The van der Waals surface area contributed by atoms with Gasteiger partial charge in [0, 0.05) is 19.6 Å². The van der Waals surface area contributed by atoms with E-state index in [9.17, 15) is 9.90 Å². The van der Waals surface area contributed by atoms with Crippen LogP contribution in [0.2, 0.25) is 0 Å². The number of rotatable bonds is 3. The molecule has 2 fully saturated rings. The van der Waals surface area contributed by atoms with Crippen molar-refractivity contribution in [2.24, 2.45) is 5.41 Å². The molecule has 1 saturated carbocycles. The molecule has 1 heterocycles. The highest BCUT2D eigenvalue weighted by Gasteiger charge is 2.46. The normalized spacial score (nSPS) is 28.4. The summed E-state index contributed by atoms with van der Waals surface area (Å²) in [5.74, 6) is -1.13. The van der Waals surface area contributed by atoms with Crippen molar-refractivity contribution in [3.05, 3.63) is 0 Å². The Morgan fingerprint density at radius 1 is 1.31 bits per heavy atom. The first kappa shape index (κ1) is 11.9. The fourth-order valence-electron chi connectivity index (χ4n) is 3.14. The number of carbonyl (C=O) groups is 1. The van der Waals surface area contributed by atoms with Crippen LogP contribution in [0, 0.1) is 5.41 Å². The Labute approximate surface area is 96.3 Å². The lowest BCUT2D eigenvalue weighted by Crippen LogP contribution is -2.61. The molecule has 1 aliphatic heterocycles. The summed E-state index contributed by atoms with van der Waals surface area (Å²) >= 11 is 0. The van der Waals surface area contributed by atoms with E-state index in [0.717, 1.165) is 13.1 Å². The van der Waals surface area contributed by atoms with Gasteiger partial charge in [0.05, 0.1) is 0 Å². The van der Waals surface area contributed by atoms with Gasteiger partial charge in [0.15, 0.2) is 5.60 Å². The minimum atomic E-state index is -1.60. The van der Waals surface area contributed by atoms with Crippen molar-refractivity contribution in [1.29, 1.82) is 0 Å². The number of β-amino-alcohol motifs (C(OH)–C–C–N with tert-alkyl or cyclic N) is 1. The molecule has 2 rings (SSSR count).